The molecule has 0 unspecified atom stereocenters. The lowest BCUT2D eigenvalue weighted by Crippen LogP contribution is -2.43. The van der Waals surface area contributed by atoms with Crippen molar-refractivity contribution < 1.29 is 0 Å². The first kappa shape index (κ1) is 17.6. The predicted octanol–water partition coefficient (Wildman–Crippen LogP) is 3.95. The maximum absolute atomic E-state index is 4.58. The van der Waals surface area contributed by atoms with Crippen LogP contribution in [-0.2, 0) is 5.41 Å². The number of hydrogen-bond acceptors (Lipinski definition) is 3. The fourth-order valence-corrected chi connectivity index (χ4v) is 3.84. The maximum Gasteiger partial charge on any atom is 0.0627 e. The molecular weight excluding hydrogens is 294 g/mol. The van der Waals surface area contributed by atoms with Crippen LogP contribution >= 0.6 is 0 Å². The molecule has 3 nitrogen and oxygen atoms in total. The van der Waals surface area contributed by atoms with Crippen LogP contribution in [-0.4, -0.2) is 53.5 Å². The van der Waals surface area contributed by atoms with Crippen molar-refractivity contribution in [2.75, 3.05) is 32.7 Å². The maximum atomic E-state index is 4.58. The van der Waals surface area contributed by atoms with Crippen LogP contribution in [0.3, 0.4) is 0 Å². The highest BCUT2D eigenvalue weighted by Gasteiger charge is 2.25. The highest BCUT2D eigenvalue weighted by molar-refractivity contribution is 5.45. The number of likely N-dealkylation sites (tertiary alicyclic amines) is 2. The van der Waals surface area contributed by atoms with Gasteiger partial charge in [-0.25, -0.2) is 0 Å². The minimum atomic E-state index is 0.176. The predicted molar refractivity (Wildman–Crippen MR) is 102 cm³/mol. The summed E-state index contributed by atoms with van der Waals surface area (Å²) in [6.45, 7) is 12.9. The molecule has 3 heteroatoms. The van der Waals surface area contributed by atoms with Crippen LogP contribution in [0.25, 0.3) is 6.08 Å². The molecule has 1 aromatic heterocycles. The standard InChI is InChI=1S/C21H33N3/c1-21(2,3)18-8-9-19(22-17-18)7-6-12-23-15-10-20(11-16-23)24-13-4-5-14-24/h6-9,17,20H,4-5,10-16H2,1-3H3/b7-6+. The highest BCUT2D eigenvalue weighted by atomic mass is 15.2. The first-order chi connectivity index (χ1) is 11.5. The summed E-state index contributed by atoms with van der Waals surface area (Å²) < 4.78 is 0. The van der Waals surface area contributed by atoms with Crippen molar-refractivity contribution in [1.82, 2.24) is 14.8 Å². The molecule has 2 aliphatic rings. The lowest BCUT2D eigenvalue weighted by atomic mass is 9.88. The fourth-order valence-electron chi connectivity index (χ4n) is 3.84. The van der Waals surface area contributed by atoms with Gasteiger partial charge in [0.2, 0.25) is 0 Å². The van der Waals surface area contributed by atoms with E-state index in [1.807, 2.05) is 6.20 Å². The van der Waals surface area contributed by atoms with E-state index in [2.05, 4.69) is 59.8 Å². The second kappa shape index (κ2) is 7.79. The van der Waals surface area contributed by atoms with Crippen molar-refractivity contribution in [2.24, 2.45) is 0 Å². The first-order valence-electron chi connectivity index (χ1n) is 9.62. The molecule has 2 aliphatic heterocycles. The second-order valence-electron chi connectivity index (χ2n) is 8.40. The summed E-state index contributed by atoms with van der Waals surface area (Å²) >= 11 is 0. The second-order valence-corrected chi connectivity index (χ2v) is 8.40. The molecule has 0 radical (unpaired) electrons. The van der Waals surface area contributed by atoms with Crippen molar-refractivity contribution in [2.45, 2.75) is 57.9 Å². The normalized spacial score (nSPS) is 21.8. The molecule has 0 saturated carbocycles. The van der Waals surface area contributed by atoms with Crippen molar-refractivity contribution in [3.63, 3.8) is 0 Å². The van der Waals surface area contributed by atoms with Gasteiger partial charge < -0.3 is 4.90 Å². The lowest BCUT2D eigenvalue weighted by Gasteiger charge is -2.36. The summed E-state index contributed by atoms with van der Waals surface area (Å²) in [6.07, 6.45) is 11.9. The average molecular weight is 328 g/mol. The van der Waals surface area contributed by atoms with E-state index in [0.29, 0.717) is 0 Å². The van der Waals surface area contributed by atoms with Crippen LogP contribution in [0.15, 0.2) is 24.4 Å². The number of pyridine rings is 1. The summed E-state index contributed by atoms with van der Waals surface area (Å²) in [7, 11) is 0. The molecule has 2 fully saturated rings. The third-order valence-corrected chi connectivity index (χ3v) is 5.52. The molecule has 0 atom stereocenters. The molecule has 0 aliphatic carbocycles. The summed E-state index contributed by atoms with van der Waals surface area (Å²) in [6, 6.07) is 5.18. The fraction of sp³-hybridized carbons (Fsp3) is 0.667. The third kappa shape index (κ3) is 4.67. The van der Waals surface area contributed by atoms with Crippen molar-refractivity contribution in [1.29, 1.82) is 0 Å². The Morgan fingerprint density at radius 3 is 2.38 bits per heavy atom. The van der Waals surface area contributed by atoms with Gasteiger partial charge in [0.1, 0.15) is 0 Å². The van der Waals surface area contributed by atoms with E-state index in [9.17, 15) is 0 Å². The molecule has 0 aromatic carbocycles. The van der Waals surface area contributed by atoms with Crippen LogP contribution in [0.2, 0.25) is 0 Å². The molecule has 24 heavy (non-hydrogen) atoms. The Morgan fingerprint density at radius 1 is 1.08 bits per heavy atom. The quantitative estimate of drug-likeness (QED) is 0.834. The van der Waals surface area contributed by atoms with Gasteiger partial charge in [-0.1, -0.05) is 32.9 Å². The van der Waals surface area contributed by atoms with Gasteiger partial charge in [-0.05, 0) is 75.0 Å². The Morgan fingerprint density at radius 2 is 1.79 bits per heavy atom. The molecule has 3 heterocycles. The topological polar surface area (TPSA) is 19.4 Å². The summed E-state index contributed by atoms with van der Waals surface area (Å²) in [5.74, 6) is 0. The van der Waals surface area contributed by atoms with Gasteiger partial charge >= 0.3 is 0 Å². The van der Waals surface area contributed by atoms with Crippen molar-refractivity contribution in [3.05, 3.63) is 35.7 Å². The molecule has 0 bridgehead atoms. The van der Waals surface area contributed by atoms with Gasteiger partial charge in [0, 0.05) is 18.8 Å². The van der Waals surface area contributed by atoms with E-state index in [0.717, 1.165) is 18.3 Å². The molecule has 2 saturated heterocycles. The van der Waals surface area contributed by atoms with Crippen LogP contribution < -0.4 is 0 Å². The Hall–Kier alpha value is -1.19. The van der Waals surface area contributed by atoms with Gasteiger partial charge in [0.05, 0.1) is 5.69 Å². The van der Waals surface area contributed by atoms with Crippen LogP contribution in [0.4, 0.5) is 0 Å². The van der Waals surface area contributed by atoms with Crippen molar-refractivity contribution in [3.8, 4) is 0 Å². The average Bonchev–Trinajstić information content (AvgIpc) is 3.10. The van der Waals surface area contributed by atoms with Gasteiger partial charge in [-0.3, -0.25) is 9.88 Å². The Kier molecular flexibility index (Phi) is 5.72. The molecule has 3 rings (SSSR count). The minimum absolute atomic E-state index is 0.176. The van der Waals surface area contributed by atoms with Gasteiger partial charge in [-0.2, -0.15) is 0 Å². The SMILES string of the molecule is CC(C)(C)c1ccc(/C=C/CN2CCC(N3CCCC3)CC2)nc1. The largest absolute Gasteiger partial charge is 0.300 e. The van der Waals surface area contributed by atoms with Crippen molar-refractivity contribution >= 4 is 6.08 Å². The molecule has 0 N–H and O–H groups in total. The van der Waals surface area contributed by atoms with Crippen LogP contribution in [0.5, 0.6) is 0 Å². The van der Waals surface area contributed by atoms with E-state index in [-0.39, 0.29) is 5.41 Å². The van der Waals surface area contributed by atoms with Crippen LogP contribution in [0.1, 0.15) is 57.7 Å². The first-order valence-corrected chi connectivity index (χ1v) is 9.62. The summed E-state index contributed by atoms with van der Waals surface area (Å²) in [5.41, 5.74) is 2.54. The van der Waals surface area contributed by atoms with E-state index >= 15 is 0 Å². The van der Waals surface area contributed by atoms with Gasteiger partial charge in [0.25, 0.3) is 0 Å². The van der Waals surface area contributed by atoms with Gasteiger partial charge in [-0.15, -0.1) is 0 Å². The van der Waals surface area contributed by atoms with E-state index in [4.69, 9.17) is 0 Å². The smallest absolute Gasteiger partial charge is 0.0627 e. The minimum Gasteiger partial charge on any atom is -0.300 e. The third-order valence-electron chi connectivity index (χ3n) is 5.52. The zero-order valence-corrected chi connectivity index (χ0v) is 15.7. The van der Waals surface area contributed by atoms with E-state index in [1.54, 1.807) is 0 Å². The number of rotatable bonds is 4. The molecule has 0 spiro atoms. The number of nitrogens with zero attached hydrogens (tertiary/aromatic N) is 3. The summed E-state index contributed by atoms with van der Waals surface area (Å²) in [5, 5.41) is 0. The zero-order valence-electron chi connectivity index (χ0n) is 15.7. The lowest BCUT2D eigenvalue weighted by molar-refractivity contribution is 0.135. The number of piperidine rings is 1. The number of aromatic nitrogens is 1. The molecule has 0 amide bonds. The number of hydrogen-bond donors (Lipinski definition) is 0. The van der Waals surface area contributed by atoms with E-state index in [1.165, 1.54) is 57.4 Å². The monoisotopic (exact) mass is 327 g/mol. The Bertz CT molecular complexity index is 527. The zero-order chi connectivity index (χ0) is 17.0. The Balaban J connectivity index is 1.43. The highest BCUT2D eigenvalue weighted by Crippen LogP contribution is 2.22. The summed E-state index contributed by atoms with van der Waals surface area (Å²) in [4.78, 5) is 9.87. The van der Waals surface area contributed by atoms with E-state index < -0.39 is 0 Å². The molecule has 1 aromatic rings. The molecule has 132 valence electrons. The van der Waals surface area contributed by atoms with Gasteiger partial charge in [0.15, 0.2) is 0 Å². The molecular formula is C21H33N3. The Labute approximate surface area is 147 Å². The van der Waals surface area contributed by atoms with Crippen LogP contribution in [0, 0.1) is 0 Å².